The molecule has 4 atom stereocenters. The van der Waals surface area contributed by atoms with E-state index in [1.54, 1.807) is 6.92 Å². The molecule has 0 radical (unpaired) electrons. The molecule has 4 unspecified atom stereocenters. The smallest absolute Gasteiger partial charge is 0.104 e. The van der Waals surface area contributed by atoms with Crippen molar-refractivity contribution >= 4 is 0 Å². The van der Waals surface area contributed by atoms with Gasteiger partial charge in [0.1, 0.15) is 24.4 Å². The molecular formula is C22H40O11. The van der Waals surface area contributed by atoms with Crippen LogP contribution in [0, 0.1) is 10.8 Å². The number of hydrogen-bond donors (Lipinski definition) is 3. The van der Waals surface area contributed by atoms with Gasteiger partial charge in [-0.25, -0.2) is 0 Å². The third-order valence-corrected chi connectivity index (χ3v) is 5.60. The second kappa shape index (κ2) is 13.6. The van der Waals surface area contributed by atoms with Crippen molar-refractivity contribution in [1.29, 1.82) is 0 Å². The van der Waals surface area contributed by atoms with Gasteiger partial charge in [0.25, 0.3) is 0 Å². The highest BCUT2D eigenvalue weighted by Crippen LogP contribution is 2.24. The van der Waals surface area contributed by atoms with Crippen molar-refractivity contribution in [3.63, 3.8) is 0 Å². The quantitative estimate of drug-likeness (QED) is 0.188. The summed E-state index contributed by atoms with van der Waals surface area (Å²) < 4.78 is 44.4. The minimum atomic E-state index is -0.708. The first-order chi connectivity index (χ1) is 16.0. The summed E-state index contributed by atoms with van der Waals surface area (Å²) in [6, 6.07) is 0. The molecule has 4 fully saturated rings. The highest BCUT2D eigenvalue weighted by atomic mass is 16.6. The standard InChI is InChI=1S/C17H28O8.C5H12O3/c1(13-5-22-13)18-9-17(10-19-2-14-6-23-14,11-20-3-15-7-24-15)12-21-4-16-8-25-16;1-5(2-6,3-7)4-8/h13-16H,1-12H2;6-8H,2-4H2,1H3. The lowest BCUT2D eigenvalue weighted by atomic mass is 9.92. The second-order valence-corrected chi connectivity index (χ2v) is 9.67. The molecule has 11 heteroatoms. The predicted octanol–water partition coefficient (Wildman–Crippen LogP) is -1.40. The summed E-state index contributed by atoms with van der Waals surface area (Å²) in [5, 5.41) is 25.4. The van der Waals surface area contributed by atoms with Gasteiger partial charge in [0.05, 0.1) is 105 Å². The topological polar surface area (TPSA) is 148 Å². The Morgan fingerprint density at radius 2 is 0.818 bits per heavy atom. The zero-order chi connectivity index (χ0) is 23.6. The Morgan fingerprint density at radius 3 is 0.970 bits per heavy atom. The average molecular weight is 481 g/mol. The van der Waals surface area contributed by atoms with Crippen molar-refractivity contribution in [3.8, 4) is 0 Å². The maximum absolute atomic E-state index is 8.47. The molecule has 0 saturated carbocycles. The zero-order valence-electron chi connectivity index (χ0n) is 19.5. The van der Waals surface area contributed by atoms with Crippen LogP contribution in [-0.2, 0) is 37.9 Å². The fourth-order valence-corrected chi connectivity index (χ4v) is 2.68. The van der Waals surface area contributed by atoms with Gasteiger partial charge in [0.2, 0.25) is 0 Å². The molecule has 0 bridgehead atoms. The average Bonchev–Trinajstić information content (AvgIpc) is 3.66. The number of hydrogen-bond acceptors (Lipinski definition) is 11. The van der Waals surface area contributed by atoms with E-state index >= 15 is 0 Å². The van der Waals surface area contributed by atoms with Gasteiger partial charge in [-0.3, -0.25) is 0 Å². The normalized spacial score (nSPS) is 29.1. The molecule has 4 saturated heterocycles. The molecule has 0 amide bonds. The van der Waals surface area contributed by atoms with Crippen molar-refractivity contribution < 1.29 is 53.2 Å². The summed E-state index contributed by atoms with van der Waals surface area (Å²) in [7, 11) is 0. The van der Waals surface area contributed by atoms with Gasteiger partial charge in [-0.05, 0) is 0 Å². The molecule has 0 aromatic carbocycles. The molecule has 0 aromatic heterocycles. The van der Waals surface area contributed by atoms with Crippen LogP contribution < -0.4 is 0 Å². The summed E-state index contributed by atoms with van der Waals surface area (Å²) in [6.45, 7) is 8.65. The summed E-state index contributed by atoms with van der Waals surface area (Å²) in [4.78, 5) is 0. The van der Waals surface area contributed by atoms with E-state index in [0.29, 0.717) is 52.9 Å². The molecule has 11 nitrogen and oxygen atoms in total. The Kier molecular flexibility index (Phi) is 11.2. The lowest BCUT2D eigenvalue weighted by Gasteiger charge is -2.32. The van der Waals surface area contributed by atoms with E-state index in [1.807, 2.05) is 0 Å². The van der Waals surface area contributed by atoms with E-state index in [9.17, 15) is 0 Å². The molecule has 4 rings (SSSR count). The minimum Gasteiger partial charge on any atom is -0.396 e. The Morgan fingerprint density at radius 1 is 0.576 bits per heavy atom. The van der Waals surface area contributed by atoms with Crippen LogP contribution in [-0.4, -0.2) is 139 Å². The van der Waals surface area contributed by atoms with Crippen LogP contribution in [0.3, 0.4) is 0 Å². The van der Waals surface area contributed by atoms with E-state index in [-0.39, 0.29) is 49.7 Å². The summed E-state index contributed by atoms with van der Waals surface area (Å²) in [5.74, 6) is 0. The van der Waals surface area contributed by atoms with Crippen molar-refractivity contribution in [2.24, 2.45) is 10.8 Å². The van der Waals surface area contributed by atoms with Crippen LogP contribution in [0.2, 0.25) is 0 Å². The van der Waals surface area contributed by atoms with Gasteiger partial charge in [-0.15, -0.1) is 0 Å². The second-order valence-electron chi connectivity index (χ2n) is 9.67. The monoisotopic (exact) mass is 480 g/mol. The maximum atomic E-state index is 8.47. The highest BCUT2D eigenvalue weighted by Gasteiger charge is 2.37. The van der Waals surface area contributed by atoms with E-state index in [4.69, 9.17) is 53.2 Å². The first-order valence-electron chi connectivity index (χ1n) is 11.6. The third-order valence-electron chi connectivity index (χ3n) is 5.60. The van der Waals surface area contributed by atoms with E-state index in [1.165, 1.54) is 0 Å². The predicted molar refractivity (Wildman–Crippen MR) is 114 cm³/mol. The van der Waals surface area contributed by atoms with E-state index in [0.717, 1.165) is 26.4 Å². The Balaban J connectivity index is 0.000000331. The molecule has 0 spiro atoms. The van der Waals surface area contributed by atoms with Crippen LogP contribution in [0.4, 0.5) is 0 Å². The van der Waals surface area contributed by atoms with Gasteiger partial charge < -0.3 is 53.2 Å². The van der Waals surface area contributed by atoms with Crippen LogP contribution >= 0.6 is 0 Å². The van der Waals surface area contributed by atoms with E-state index < -0.39 is 5.41 Å². The lowest BCUT2D eigenvalue weighted by Crippen LogP contribution is -2.43. The molecule has 194 valence electrons. The molecule has 4 heterocycles. The van der Waals surface area contributed by atoms with Gasteiger partial charge in [-0.1, -0.05) is 6.92 Å². The van der Waals surface area contributed by atoms with Crippen molar-refractivity contribution in [1.82, 2.24) is 0 Å². The third kappa shape index (κ3) is 11.7. The van der Waals surface area contributed by atoms with Crippen LogP contribution in [0.25, 0.3) is 0 Å². The lowest BCUT2D eigenvalue weighted by molar-refractivity contribution is -0.111. The highest BCUT2D eigenvalue weighted by molar-refractivity contribution is 4.82. The number of aliphatic hydroxyl groups excluding tert-OH is 3. The minimum absolute atomic E-state index is 0.181. The SMILES string of the molecule is C(OCC(COCC1CO1)(COCC1CO1)COCC1CO1)C1CO1.CC(CO)(CO)CO. The molecular weight excluding hydrogens is 440 g/mol. The summed E-state index contributed by atoms with van der Waals surface area (Å²) >= 11 is 0. The number of aliphatic hydroxyl groups is 3. The van der Waals surface area contributed by atoms with E-state index in [2.05, 4.69) is 0 Å². The van der Waals surface area contributed by atoms with Gasteiger partial charge >= 0.3 is 0 Å². The van der Waals surface area contributed by atoms with Crippen LogP contribution in [0.5, 0.6) is 0 Å². The largest absolute Gasteiger partial charge is 0.396 e. The Hall–Kier alpha value is -0.440. The molecule has 3 N–H and O–H groups in total. The van der Waals surface area contributed by atoms with Gasteiger partial charge in [0.15, 0.2) is 0 Å². The van der Waals surface area contributed by atoms with Crippen molar-refractivity contribution in [2.75, 3.05) is 99.1 Å². The summed E-state index contributed by atoms with van der Waals surface area (Å²) in [6.07, 6.45) is 0.945. The maximum Gasteiger partial charge on any atom is 0.104 e. The first-order valence-corrected chi connectivity index (χ1v) is 11.6. The van der Waals surface area contributed by atoms with Gasteiger partial charge in [0, 0.05) is 5.41 Å². The van der Waals surface area contributed by atoms with Crippen LogP contribution in [0.1, 0.15) is 6.92 Å². The molecule has 0 aliphatic carbocycles. The van der Waals surface area contributed by atoms with Crippen molar-refractivity contribution in [3.05, 3.63) is 0 Å². The number of ether oxygens (including phenoxy) is 8. The summed E-state index contributed by atoms with van der Waals surface area (Å²) in [5.41, 5.74) is -1.06. The molecule has 33 heavy (non-hydrogen) atoms. The van der Waals surface area contributed by atoms with Gasteiger partial charge in [-0.2, -0.15) is 0 Å². The number of rotatable bonds is 19. The first kappa shape index (κ1) is 27.2. The molecule has 4 aliphatic heterocycles. The number of epoxide rings is 4. The Labute approximate surface area is 195 Å². The fourth-order valence-electron chi connectivity index (χ4n) is 2.68. The van der Waals surface area contributed by atoms with Crippen LogP contribution in [0.15, 0.2) is 0 Å². The fraction of sp³-hybridized carbons (Fsp3) is 1.00. The zero-order valence-corrected chi connectivity index (χ0v) is 19.5. The van der Waals surface area contributed by atoms with Crippen molar-refractivity contribution in [2.45, 2.75) is 31.3 Å². The Bertz CT molecular complexity index is 443. The molecule has 0 aromatic rings. The molecule has 4 aliphatic rings.